The lowest BCUT2D eigenvalue weighted by atomic mass is 10.0. The molecule has 0 aliphatic rings. The highest BCUT2D eigenvalue weighted by atomic mass is 19.1. The van der Waals surface area contributed by atoms with Crippen LogP contribution in [0.5, 0.6) is 11.5 Å². The highest BCUT2D eigenvalue weighted by Crippen LogP contribution is 2.36. The van der Waals surface area contributed by atoms with Gasteiger partial charge in [0.15, 0.2) is 17.3 Å². The van der Waals surface area contributed by atoms with Crippen LogP contribution in [0.3, 0.4) is 0 Å². The van der Waals surface area contributed by atoms with Crippen molar-refractivity contribution < 1.29 is 28.5 Å². The zero-order chi connectivity index (χ0) is 22.2. The van der Waals surface area contributed by atoms with Crippen LogP contribution in [0.15, 0.2) is 72.8 Å². The van der Waals surface area contributed by atoms with Crippen LogP contribution in [0.2, 0.25) is 0 Å². The molecule has 0 radical (unpaired) electrons. The van der Waals surface area contributed by atoms with Crippen molar-refractivity contribution >= 4 is 5.97 Å². The van der Waals surface area contributed by atoms with Gasteiger partial charge in [-0.2, -0.15) is 0 Å². The SMILES string of the molecule is COC(=O)[C@@H](N)[C@H](O)c1ccc(OCc2ccccc2)c(OCc2ccccc2)c1F. The van der Waals surface area contributed by atoms with E-state index in [-0.39, 0.29) is 30.3 Å². The molecule has 0 aromatic heterocycles. The molecule has 0 unspecified atom stereocenters. The van der Waals surface area contributed by atoms with E-state index in [1.807, 2.05) is 60.7 Å². The molecule has 0 fully saturated rings. The molecule has 0 aliphatic heterocycles. The number of benzene rings is 3. The quantitative estimate of drug-likeness (QED) is 0.510. The van der Waals surface area contributed by atoms with Gasteiger partial charge >= 0.3 is 5.97 Å². The Labute approximate surface area is 180 Å². The first-order valence-corrected chi connectivity index (χ1v) is 9.68. The van der Waals surface area contributed by atoms with Crippen molar-refractivity contribution in [2.24, 2.45) is 5.73 Å². The van der Waals surface area contributed by atoms with Gasteiger partial charge in [0, 0.05) is 5.56 Å². The molecular weight excluding hydrogens is 401 g/mol. The fourth-order valence-corrected chi connectivity index (χ4v) is 2.95. The highest BCUT2D eigenvalue weighted by Gasteiger charge is 2.30. The maximum atomic E-state index is 15.4. The molecule has 3 aromatic carbocycles. The summed E-state index contributed by atoms with van der Waals surface area (Å²) >= 11 is 0. The van der Waals surface area contributed by atoms with Gasteiger partial charge in [-0.15, -0.1) is 0 Å². The topological polar surface area (TPSA) is 91.0 Å². The van der Waals surface area contributed by atoms with E-state index in [0.29, 0.717) is 0 Å². The summed E-state index contributed by atoms with van der Waals surface area (Å²) in [6.45, 7) is 0.285. The summed E-state index contributed by atoms with van der Waals surface area (Å²) in [6.07, 6.45) is -1.62. The average molecular weight is 425 g/mol. The smallest absolute Gasteiger partial charge is 0.325 e. The number of ether oxygens (including phenoxy) is 3. The van der Waals surface area contributed by atoms with Gasteiger partial charge in [0.1, 0.15) is 25.4 Å². The van der Waals surface area contributed by atoms with Crippen molar-refractivity contribution in [3.8, 4) is 11.5 Å². The number of esters is 1. The molecular formula is C24H24FNO5. The molecule has 7 heteroatoms. The molecule has 0 saturated carbocycles. The summed E-state index contributed by atoms with van der Waals surface area (Å²) in [7, 11) is 1.14. The van der Waals surface area contributed by atoms with Crippen LogP contribution in [0.1, 0.15) is 22.8 Å². The monoisotopic (exact) mass is 425 g/mol. The Morgan fingerprint density at radius 1 is 0.935 bits per heavy atom. The van der Waals surface area contributed by atoms with Gasteiger partial charge in [-0.3, -0.25) is 4.79 Å². The second kappa shape index (κ2) is 10.6. The molecule has 3 rings (SSSR count). The molecule has 0 saturated heterocycles. The van der Waals surface area contributed by atoms with Crippen LogP contribution in [0.25, 0.3) is 0 Å². The Balaban J connectivity index is 1.89. The van der Waals surface area contributed by atoms with Crippen molar-refractivity contribution in [2.75, 3.05) is 7.11 Å². The highest BCUT2D eigenvalue weighted by molar-refractivity contribution is 5.76. The van der Waals surface area contributed by atoms with Crippen LogP contribution in [0, 0.1) is 5.82 Å². The number of methoxy groups -OCH3 is 1. The third-order valence-corrected chi connectivity index (χ3v) is 4.69. The molecule has 162 valence electrons. The zero-order valence-corrected chi connectivity index (χ0v) is 17.0. The van der Waals surface area contributed by atoms with E-state index in [2.05, 4.69) is 4.74 Å². The zero-order valence-electron chi connectivity index (χ0n) is 17.0. The van der Waals surface area contributed by atoms with E-state index >= 15 is 4.39 Å². The number of carbonyl (C=O) groups excluding carboxylic acids is 1. The molecule has 0 bridgehead atoms. The van der Waals surface area contributed by atoms with Gasteiger partial charge in [0.2, 0.25) is 0 Å². The van der Waals surface area contributed by atoms with Crippen molar-refractivity contribution in [1.82, 2.24) is 0 Å². The van der Waals surface area contributed by atoms with E-state index in [9.17, 15) is 9.90 Å². The van der Waals surface area contributed by atoms with Crippen LogP contribution < -0.4 is 15.2 Å². The maximum Gasteiger partial charge on any atom is 0.325 e. The summed E-state index contributed by atoms with van der Waals surface area (Å²) in [5, 5.41) is 10.4. The van der Waals surface area contributed by atoms with Crippen LogP contribution in [-0.4, -0.2) is 24.2 Å². The minimum absolute atomic E-state index is 0.0854. The second-order valence-electron chi connectivity index (χ2n) is 6.84. The van der Waals surface area contributed by atoms with Crippen molar-refractivity contribution in [3.05, 3.63) is 95.3 Å². The van der Waals surface area contributed by atoms with Gasteiger partial charge in [-0.05, 0) is 23.3 Å². The van der Waals surface area contributed by atoms with Gasteiger partial charge in [-0.1, -0.05) is 60.7 Å². The minimum atomic E-state index is -1.62. The third-order valence-electron chi connectivity index (χ3n) is 4.69. The van der Waals surface area contributed by atoms with E-state index in [4.69, 9.17) is 15.2 Å². The van der Waals surface area contributed by atoms with Crippen LogP contribution in [-0.2, 0) is 22.7 Å². The number of hydrogen-bond acceptors (Lipinski definition) is 6. The van der Waals surface area contributed by atoms with E-state index < -0.39 is 23.9 Å². The standard InChI is InChI=1S/C24H24FNO5/c1-29-24(28)21(26)22(27)18-12-13-19(30-14-16-8-4-2-5-9-16)23(20(18)25)31-15-17-10-6-3-7-11-17/h2-13,21-22,27H,14-15,26H2,1H3/t21-,22+/m0/s1. The summed E-state index contributed by atoms with van der Waals surface area (Å²) in [5.74, 6) is -1.72. The predicted molar refractivity (Wildman–Crippen MR) is 113 cm³/mol. The minimum Gasteiger partial charge on any atom is -0.485 e. The summed E-state index contributed by atoms with van der Waals surface area (Å²) in [4.78, 5) is 11.7. The van der Waals surface area contributed by atoms with Gasteiger partial charge < -0.3 is 25.1 Å². The Hall–Kier alpha value is -3.42. The number of halogens is 1. The summed E-state index contributed by atoms with van der Waals surface area (Å²) in [5.41, 5.74) is 7.23. The van der Waals surface area contributed by atoms with Gasteiger partial charge in [0.05, 0.1) is 7.11 Å². The second-order valence-corrected chi connectivity index (χ2v) is 6.84. The molecule has 3 aromatic rings. The van der Waals surface area contributed by atoms with Crippen molar-refractivity contribution in [1.29, 1.82) is 0 Å². The molecule has 2 atom stereocenters. The Morgan fingerprint density at radius 3 is 2.03 bits per heavy atom. The van der Waals surface area contributed by atoms with Crippen molar-refractivity contribution in [2.45, 2.75) is 25.4 Å². The number of aliphatic hydroxyl groups excluding tert-OH is 1. The van der Waals surface area contributed by atoms with Gasteiger partial charge in [-0.25, -0.2) is 4.39 Å². The fraction of sp³-hybridized carbons (Fsp3) is 0.208. The maximum absolute atomic E-state index is 15.4. The number of aliphatic hydroxyl groups is 1. The molecule has 0 aliphatic carbocycles. The molecule has 31 heavy (non-hydrogen) atoms. The van der Waals surface area contributed by atoms with Crippen LogP contribution >= 0.6 is 0 Å². The van der Waals surface area contributed by atoms with E-state index in [1.165, 1.54) is 12.1 Å². The first kappa shape index (κ1) is 22.3. The summed E-state index contributed by atoms with van der Waals surface area (Å²) < 4.78 is 31.4. The number of rotatable bonds is 9. The Bertz CT molecular complexity index is 998. The van der Waals surface area contributed by atoms with Gasteiger partial charge in [0.25, 0.3) is 0 Å². The lowest BCUT2D eigenvalue weighted by Gasteiger charge is -2.20. The Kier molecular flexibility index (Phi) is 7.59. The first-order chi connectivity index (χ1) is 15.0. The van der Waals surface area contributed by atoms with E-state index in [0.717, 1.165) is 18.2 Å². The van der Waals surface area contributed by atoms with Crippen LogP contribution in [0.4, 0.5) is 4.39 Å². The molecule has 0 spiro atoms. The largest absolute Gasteiger partial charge is 0.485 e. The Morgan fingerprint density at radius 2 is 1.48 bits per heavy atom. The van der Waals surface area contributed by atoms with Crippen molar-refractivity contribution in [3.63, 3.8) is 0 Å². The molecule has 0 heterocycles. The first-order valence-electron chi connectivity index (χ1n) is 9.68. The lowest BCUT2D eigenvalue weighted by Crippen LogP contribution is -2.38. The molecule has 3 N–H and O–H groups in total. The van der Waals surface area contributed by atoms with E-state index in [1.54, 1.807) is 0 Å². The third kappa shape index (κ3) is 5.59. The number of carbonyl (C=O) groups is 1. The fourth-order valence-electron chi connectivity index (χ4n) is 2.95. The average Bonchev–Trinajstić information content (AvgIpc) is 2.82. The number of nitrogens with two attached hydrogens (primary N) is 1. The predicted octanol–water partition coefficient (Wildman–Crippen LogP) is 3.52. The molecule has 0 amide bonds. The lowest BCUT2D eigenvalue weighted by molar-refractivity contribution is -0.145. The number of hydrogen-bond donors (Lipinski definition) is 2. The normalized spacial score (nSPS) is 12.6. The summed E-state index contributed by atoms with van der Waals surface area (Å²) in [6, 6.07) is 20.0. The molecule has 6 nitrogen and oxygen atoms in total.